The van der Waals surface area contributed by atoms with Gasteiger partial charge < -0.3 is 9.84 Å². The van der Waals surface area contributed by atoms with E-state index >= 15 is 0 Å². The van der Waals surface area contributed by atoms with Crippen molar-refractivity contribution < 1.29 is 9.84 Å². The smallest absolute Gasteiger partial charge is 0.160 e. The van der Waals surface area contributed by atoms with Gasteiger partial charge in [-0.15, -0.1) is 0 Å². The van der Waals surface area contributed by atoms with E-state index in [-0.39, 0.29) is 5.75 Å². The van der Waals surface area contributed by atoms with Gasteiger partial charge in [0.1, 0.15) is 0 Å². The summed E-state index contributed by atoms with van der Waals surface area (Å²) in [5.41, 5.74) is 0. The molecule has 0 radical (unpaired) electrons. The van der Waals surface area contributed by atoms with Crippen molar-refractivity contribution in [3.05, 3.63) is 24.3 Å². The molecule has 0 aliphatic rings. The molecule has 0 aliphatic heterocycles. The highest BCUT2D eigenvalue weighted by Crippen LogP contribution is 2.24. The third kappa shape index (κ3) is 2.46. The van der Waals surface area contributed by atoms with Gasteiger partial charge in [0, 0.05) is 0 Å². The van der Waals surface area contributed by atoms with Crippen molar-refractivity contribution in [2.75, 3.05) is 6.61 Å². The monoisotopic (exact) mass is 166 g/mol. The molecule has 0 fully saturated rings. The maximum absolute atomic E-state index is 9.30. The van der Waals surface area contributed by atoms with Crippen LogP contribution in [0.2, 0.25) is 0 Å². The molecule has 1 rings (SSSR count). The molecule has 0 unspecified atom stereocenters. The SMILES string of the molecule is CC(C)COc1ccccc1O. The van der Waals surface area contributed by atoms with Crippen molar-refractivity contribution in [3.8, 4) is 11.5 Å². The van der Waals surface area contributed by atoms with Gasteiger partial charge in [-0.2, -0.15) is 0 Å². The van der Waals surface area contributed by atoms with Crippen molar-refractivity contribution in [2.24, 2.45) is 5.92 Å². The Labute approximate surface area is 72.8 Å². The first-order valence-electron chi connectivity index (χ1n) is 4.11. The fourth-order valence-electron chi connectivity index (χ4n) is 0.836. The number of hydrogen-bond donors (Lipinski definition) is 1. The number of hydrogen-bond acceptors (Lipinski definition) is 2. The van der Waals surface area contributed by atoms with Crippen LogP contribution in [0.4, 0.5) is 0 Å². The van der Waals surface area contributed by atoms with E-state index in [1.54, 1.807) is 18.2 Å². The molecule has 2 heteroatoms. The molecule has 66 valence electrons. The lowest BCUT2D eigenvalue weighted by Gasteiger charge is -2.09. The summed E-state index contributed by atoms with van der Waals surface area (Å²) in [7, 11) is 0. The summed E-state index contributed by atoms with van der Waals surface area (Å²) in [4.78, 5) is 0. The van der Waals surface area contributed by atoms with E-state index in [1.807, 2.05) is 6.07 Å². The fraction of sp³-hybridized carbons (Fsp3) is 0.400. The molecule has 0 atom stereocenters. The van der Waals surface area contributed by atoms with Gasteiger partial charge in [0.15, 0.2) is 11.5 Å². The van der Waals surface area contributed by atoms with Gasteiger partial charge in [-0.25, -0.2) is 0 Å². The van der Waals surface area contributed by atoms with Crippen LogP contribution in [0.15, 0.2) is 24.3 Å². The average molecular weight is 166 g/mol. The highest BCUT2D eigenvalue weighted by molar-refractivity contribution is 5.37. The molecule has 0 amide bonds. The topological polar surface area (TPSA) is 29.5 Å². The van der Waals surface area contributed by atoms with Crippen LogP contribution in [0.5, 0.6) is 11.5 Å². The summed E-state index contributed by atoms with van der Waals surface area (Å²) in [6, 6.07) is 7.00. The van der Waals surface area contributed by atoms with Crippen molar-refractivity contribution in [1.29, 1.82) is 0 Å². The van der Waals surface area contributed by atoms with Crippen LogP contribution in [0, 0.1) is 5.92 Å². The zero-order valence-corrected chi connectivity index (χ0v) is 7.45. The van der Waals surface area contributed by atoms with E-state index < -0.39 is 0 Å². The molecule has 0 aromatic heterocycles. The summed E-state index contributed by atoms with van der Waals surface area (Å²) in [6.45, 7) is 4.78. The molecule has 0 saturated carbocycles. The van der Waals surface area contributed by atoms with Crippen LogP contribution in [0.25, 0.3) is 0 Å². The van der Waals surface area contributed by atoms with Crippen LogP contribution in [0.1, 0.15) is 13.8 Å². The first kappa shape index (κ1) is 8.91. The Balaban J connectivity index is 2.57. The predicted octanol–water partition coefficient (Wildman–Crippen LogP) is 2.43. The summed E-state index contributed by atoms with van der Waals surface area (Å²) < 4.78 is 5.35. The van der Waals surface area contributed by atoms with Crippen LogP contribution in [-0.2, 0) is 0 Å². The molecule has 1 aromatic rings. The molecule has 0 bridgehead atoms. The first-order chi connectivity index (χ1) is 5.70. The maximum atomic E-state index is 9.30. The summed E-state index contributed by atoms with van der Waals surface area (Å²) in [6.07, 6.45) is 0. The fourth-order valence-corrected chi connectivity index (χ4v) is 0.836. The molecule has 0 heterocycles. The number of benzene rings is 1. The van der Waals surface area contributed by atoms with Gasteiger partial charge in [-0.3, -0.25) is 0 Å². The quantitative estimate of drug-likeness (QED) is 0.747. The van der Waals surface area contributed by atoms with E-state index in [2.05, 4.69) is 13.8 Å². The van der Waals surface area contributed by atoms with Gasteiger partial charge in [0.25, 0.3) is 0 Å². The first-order valence-corrected chi connectivity index (χ1v) is 4.11. The number of phenols is 1. The highest BCUT2D eigenvalue weighted by atomic mass is 16.5. The van der Waals surface area contributed by atoms with Crippen LogP contribution < -0.4 is 4.74 Å². The van der Waals surface area contributed by atoms with Gasteiger partial charge in [-0.05, 0) is 18.1 Å². The molecular formula is C10H14O2. The van der Waals surface area contributed by atoms with Crippen LogP contribution >= 0.6 is 0 Å². The number of phenolic OH excluding ortho intramolecular Hbond substituents is 1. The van der Waals surface area contributed by atoms with Crippen molar-refractivity contribution in [3.63, 3.8) is 0 Å². The minimum atomic E-state index is 0.207. The Morgan fingerprint density at radius 2 is 2.00 bits per heavy atom. The summed E-state index contributed by atoms with van der Waals surface area (Å²) in [5, 5.41) is 9.30. The minimum Gasteiger partial charge on any atom is -0.504 e. The van der Waals surface area contributed by atoms with Crippen molar-refractivity contribution in [2.45, 2.75) is 13.8 Å². The van der Waals surface area contributed by atoms with E-state index in [4.69, 9.17) is 4.74 Å². The number of ether oxygens (including phenoxy) is 1. The maximum Gasteiger partial charge on any atom is 0.160 e. The number of para-hydroxylation sites is 2. The van der Waals surface area contributed by atoms with Crippen molar-refractivity contribution >= 4 is 0 Å². The molecule has 1 aromatic carbocycles. The van der Waals surface area contributed by atoms with E-state index in [0.717, 1.165) is 0 Å². The number of rotatable bonds is 3. The third-order valence-electron chi connectivity index (χ3n) is 1.44. The standard InChI is InChI=1S/C10H14O2/c1-8(2)7-12-10-6-4-3-5-9(10)11/h3-6,8,11H,7H2,1-2H3. The molecular weight excluding hydrogens is 152 g/mol. The third-order valence-corrected chi connectivity index (χ3v) is 1.44. The minimum absolute atomic E-state index is 0.207. The van der Waals surface area contributed by atoms with E-state index in [0.29, 0.717) is 18.3 Å². The normalized spacial score (nSPS) is 10.2. The van der Waals surface area contributed by atoms with E-state index in [1.165, 1.54) is 0 Å². The Bertz CT molecular complexity index is 243. The van der Waals surface area contributed by atoms with E-state index in [9.17, 15) is 5.11 Å². The predicted molar refractivity (Wildman–Crippen MR) is 48.4 cm³/mol. The summed E-state index contributed by atoms with van der Waals surface area (Å²) in [5.74, 6) is 1.24. The molecule has 0 spiro atoms. The second-order valence-electron chi connectivity index (χ2n) is 3.17. The second kappa shape index (κ2) is 4.00. The molecule has 1 N–H and O–H groups in total. The van der Waals surface area contributed by atoms with Crippen LogP contribution in [-0.4, -0.2) is 11.7 Å². The zero-order valence-electron chi connectivity index (χ0n) is 7.45. The summed E-state index contributed by atoms with van der Waals surface area (Å²) >= 11 is 0. The average Bonchev–Trinajstić information content (AvgIpc) is 2.03. The second-order valence-corrected chi connectivity index (χ2v) is 3.17. The Hall–Kier alpha value is -1.18. The zero-order chi connectivity index (χ0) is 8.97. The Morgan fingerprint density at radius 3 is 2.58 bits per heavy atom. The van der Waals surface area contributed by atoms with Gasteiger partial charge >= 0.3 is 0 Å². The van der Waals surface area contributed by atoms with Gasteiger partial charge in [-0.1, -0.05) is 26.0 Å². The lowest BCUT2D eigenvalue weighted by molar-refractivity contribution is 0.259. The Kier molecular flexibility index (Phi) is 2.97. The highest BCUT2D eigenvalue weighted by Gasteiger charge is 2.00. The largest absolute Gasteiger partial charge is 0.504 e. The lowest BCUT2D eigenvalue weighted by atomic mass is 10.2. The molecule has 12 heavy (non-hydrogen) atoms. The Morgan fingerprint density at radius 1 is 1.33 bits per heavy atom. The van der Waals surface area contributed by atoms with Crippen LogP contribution in [0.3, 0.4) is 0 Å². The van der Waals surface area contributed by atoms with Crippen molar-refractivity contribution in [1.82, 2.24) is 0 Å². The lowest BCUT2D eigenvalue weighted by Crippen LogP contribution is -2.04. The molecule has 0 saturated heterocycles. The molecule has 0 aliphatic carbocycles. The van der Waals surface area contributed by atoms with Gasteiger partial charge in [0.2, 0.25) is 0 Å². The molecule has 2 nitrogen and oxygen atoms in total. The number of aromatic hydroxyl groups is 1. The van der Waals surface area contributed by atoms with Gasteiger partial charge in [0.05, 0.1) is 6.61 Å².